The molecule has 0 spiro atoms. The summed E-state index contributed by atoms with van der Waals surface area (Å²) in [5.41, 5.74) is 5.29. The van der Waals surface area contributed by atoms with E-state index in [2.05, 4.69) is 45.9 Å². The van der Waals surface area contributed by atoms with Crippen molar-refractivity contribution in [2.75, 3.05) is 4.72 Å². The van der Waals surface area contributed by atoms with Crippen LogP contribution in [0.25, 0.3) is 11.3 Å². The van der Waals surface area contributed by atoms with Crippen LogP contribution in [0.3, 0.4) is 0 Å². The Balaban J connectivity index is 1.70. The summed E-state index contributed by atoms with van der Waals surface area (Å²) in [4.78, 5) is 22.3. The molecule has 2 N–H and O–H groups in total. The number of nitrogens with zero attached hydrogens (tertiary/aromatic N) is 4. The van der Waals surface area contributed by atoms with Crippen LogP contribution in [0.15, 0.2) is 59.6 Å². The molecule has 0 saturated carbocycles. The summed E-state index contributed by atoms with van der Waals surface area (Å²) in [6.07, 6.45) is -0.661. The van der Waals surface area contributed by atoms with E-state index in [1.54, 1.807) is 6.07 Å². The number of nitrogens with one attached hydrogen (secondary N) is 2. The van der Waals surface area contributed by atoms with Gasteiger partial charge in [0, 0.05) is 24.7 Å². The highest BCUT2D eigenvalue weighted by Gasteiger charge is 2.30. The lowest BCUT2D eigenvalue weighted by Gasteiger charge is -2.27. The maximum Gasteiger partial charge on any atom is 0.283 e. The van der Waals surface area contributed by atoms with E-state index in [0.29, 0.717) is 5.69 Å². The lowest BCUT2D eigenvalue weighted by Crippen LogP contribution is -2.40. The first-order chi connectivity index (χ1) is 19.2. The van der Waals surface area contributed by atoms with E-state index in [9.17, 15) is 13.2 Å². The maximum atomic E-state index is 13.3. The second-order valence-electron chi connectivity index (χ2n) is 11.5. The number of benzene rings is 2. The van der Waals surface area contributed by atoms with Crippen LogP contribution in [-0.2, 0) is 22.5 Å². The smallest absolute Gasteiger partial charge is 0.283 e. The van der Waals surface area contributed by atoms with Gasteiger partial charge in [-0.1, -0.05) is 63.2 Å². The summed E-state index contributed by atoms with van der Waals surface area (Å²) < 4.78 is 36.8. The van der Waals surface area contributed by atoms with Crippen molar-refractivity contribution in [3.8, 4) is 17.1 Å². The lowest BCUT2D eigenvalue weighted by atomic mass is 9.86. The molecular weight excluding hydrogens is 540 g/mol. The fourth-order valence-corrected chi connectivity index (χ4v) is 5.89. The average Bonchev–Trinajstić information content (AvgIpc) is 3.29. The van der Waals surface area contributed by atoms with E-state index in [0.717, 1.165) is 27.8 Å². The molecule has 11 heteroatoms. The summed E-state index contributed by atoms with van der Waals surface area (Å²) in [5.74, 6) is -0.496. The second kappa shape index (κ2) is 10.3. The SMILES string of the molecule is Cc1cccc(C)c1-c1cc2nc(n1)NS(=O)(=O)c1cc(n(C)n1)C(=O)N[C@H](C)C(c1ccc(C(C)(C)C)cc1)O2. The molecule has 0 radical (unpaired) electrons. The van der Waals surface area contributed by atoms with Crippen LogP contribution in [-0.4, -0.2) is 40.1 Å². The van der Waals surface area contributed by atoms with Crippen molar-refractivity contribution in [2.24, 2.45) is 7.05 Å². The molecule has 4 aromatic rings. The number of ether oxygens (including phenoxy) is 1. The van der Waals surface area contributed by atoms with Crippen LogP contribution in [0.5, 0.6) is 5.88 Å². The van der Waals surface area contributed by atoms with Crippen molar-refractivity contribution < 1.29 is 17.9 Å². The Morgan fingerprint density at radius 2 is 1.63 bits per heavy atom. The topological polar surface area (TPSA) is 128 Å². The summed E-state index contributed by atoms with van der Waals surface area (Å²) >= 11 is 0. The van der Waals surface area contributed by atoms with Crippen LogP contribution in [0, 0.1) is 13.8 Å². The third-order valence-corrected chi connectivity index (χ3v) is 8.40. The molecule has 2 aromatic heterocycles. The molecule has 2 aromatic carbocycles. The van der Waals surface area contributed by atoms with Gasteiger partial charge in [0.05, 0.1) is 11.7 Å². The number of hydrogen-bond acceptors (Lipinski definition) is 7. The second-order valence-corrected chi connectivity index (χ2v) is 13.1. The van der Waals surface area contributed by atoms with Gasteiger partial charge >= 0.3 is 0 Å². The molecule has 5 rings (SSSR count). The van der Waals surface area contributed by atoms with Gasteiger partial charge in [0.2, 0.25) is 11.8 Å². The monoisotopic (exact) mass is 574 g/mol. The lowest BCUT2D eigenvalue weighted by molar-refractivity contribution is 0.0867. The third kappa shape index (κ3) is 5.67. The zero-order valence-electron chi connectivity index (χ0n) is 24.2. The number of aromatic nitrogens is 4. The molecule has 3 heterocycles. The Hall–Kier alpha value is -4.25. The normalized spacial score (nSPS) is 18.7. The zero-order chi connectivity index (χ0) is 29.7. The van der Waals surface area contributed by atoms with Crippen molar-refractivity contribution in [1.82, 2.24) is 25.1 Å². The Bertz CT molecular complexity index is 1720. The predicted octanol–water partition coefficient (Wildman–Crippen LogP) is 4.84. The molecule has 1 unspecified atom stereocenters. The first-order valence-electron chi connectivity index (χ1n) is 13.3. The van der Waals surface area contributed by atoms with Gasteiger partial charge in [-0.25, -0.2) is 9.71 Å². The Kier molecular flexibility index (Phi) is 7.10. The zero-order valence-corrected chi connectivity index (χ0v) is 25.0. The van der Waals surface area contributed by atoms with Crippen molar-refractivity contribution >= 4 is 21.9 Å². The number of hydrogen-bond donors (Lipinski definition) is 2. The third-order valence-electron chi connectivity index (χ3n) is 7.20. The quantitative estimate of drug-likeness (QED) is 0.350. The molecule has 2 atom stereocenters. The van der Waals surface area contributed by atoms with Crippen molar-refractivity contribution in [3.05, 3.63) is 82.5 Å². The minimum Gasteiger partial charge on any atom is -0.467 e. The van der Waals surface area contributed by atoms with Crippen LogP contribution in [0.2, 0.25) is 0 Å². The van der Waals surface area contributed by atoms with Gasteiger partial charge < -0.3 is 10.1 Å². The Labute approximate surface area is 240 Å². The molecule has 0 saturated heterocycles. The summed E-state index contributed by atoms with van der Waals surface area (Å²) in [7, 11) is -2.71. The van der Waals surface area contributed by atoms with Gasteiger partial charge in [-0.15, -0.1) is 0 Å². The number of sulfonamides is 1. The van der Waals surface area contributed by atoms with Gasteiger partial charge in [0.1, 0.15) is 11.8 Å². The first-order valence-corrected chi connectivity index (χ1v) is 14.8. The molecule has 0 aliphatic carbocycles. The molecule has 10 nitrogen and oxygen atoms in total. The van der Waals surface area contributed by atoms with Gasteiger partial charge in [-0.3, -0.25) is 9.48 Å². The predicted molar refractivity (Wildman–Crippen MR) is 156 cm³/mol. The standard InChI is InChI=1S/C30H34N6O4S/c1-17-9-8-10-18(2)26(17)22-15-24-33-29(32-22)35-41(38,39)25-16-23(36(7)34-25)28(37)31-19(3)27(40-24)20-11-13-21(14-12-20)30(4,5)6/h8-16,19,27H,1-7H3,(H,31,37)(H,32,33,35)/t19-,27?/m1/s1. The van der Waals surface area contributed by atoms with Gasteiger partial charge in [0.15, 0.2) is 5.03 Å². The number of rotatable bonds is 2. The van der Waals surface area contributed by atoms with E-state index >= 15 is 0 Å². The number of carbonyl (C=O) groups excluding carboxylic acids is 1. The molecule has 1 aliphatic rings. The van der Waals surface area contributed by atoms with E-state index < -0.39 is 28.1 Å². The van der Waals surface area contributed by atoms with E-state index in [4.69, 9.17) is 4.74 Å². The van der Waals surface area contributed by atoms with Gasteiger partial charge in [-0.2, -0.15) is 18.5 Å². The van der Waals surface area contributed by atoms with Crippen LogP contribution < -0.4 is 14.8 Å². The first kappa shape index (κ1) is 28.3. The molecule has 41 heavy (non-hydrogen) atoms. The summed E-state index contributed by atoms with van der Waals surface area (Å²) in [6, 6.07) is 16.3. The van der Waals surface area contributed by atoms with E-state index in [1.165, 1.54) is 17.8 Å². The minimum atomic E-state index is -4.22. The van der Waals surface area contributed by atoms with Crippen LogP contribution in [0.4, 0.5) is 5.95 Å². The molecule has 214 valence electrons. The highest BCUT2D eigenvalue weighted by atomic mass is 32.2. The summed E-state index contributed by atoms with van der Waals surface area (Å²) in [6.45, 7) is 12.2. The highest BCUT2D eigenvalue weighted by molar-refractivity contribution is 7.92. The number of carbonyl (C=O) groups is 1. The van der Waals surface area contributed by atoms with Crippen LogP contribution >= 0.6 is 0 Å². The molecule has 4 bridgehead atoms. The Morgan fingerprint density at radius 3 is 2.27 bits per heavy atom. The molecule has 1 aliphatic heterocycles. The Morgan fingerprint density at radius 1 is 0.976 bits per heavy atom. The van der Waals surface area contributed by atoms with Crippen molar-refractivity contribution in [3.63, 3.8) is 0 Å². The number of fused-ring (bicyclic) bond motifs is 4. The maximum absolute atomic E-state index is 13.3. The molecule has 1 amide bonds. The summed E-state index contributed by atoms with van der Waals surface area (Å²) in [5, 5.41) is 6.72. The largest absolute Gasteiger partial charge is 0.467 e. The van der Waals surface area contributed by atoms with E-state index in [1.807, 2.05) is 63.2 Å². The molecular formula is C30H34N6O4S. The van der Waals surface area contributed by atoms with Crippen molar-refractivity contribution in [2.45, 2.75) is 64.1 Å². The number of amides is 1. The minimum absolute atomic E-state index is 0.0414. The number of anilines is 1. The molecule has 0 fully saturated rings. The number of aryl methyl sites for hydroxylation is 3. The fraction of sp³-hybridized carbons (Fsp3) is 0.333. The average molecular weight is 575 g/mol. The van der Waals surface area contributed by atoms with Crippen molar-refractivity contribution in [1.29, 1.82) is 0 Å². The van der Waals surface area contributed by atoms with Gasteiger partial charge in [0.25, 0.3) is 15.9 Å². The highest BCUT2D eigenvalue weighted by Crippen LogP contribution is 2.33. The van der Waals surface area contributed by atoms with E-state index in [-0.39, 0.29) is 28.0 Å². The van der Waals surface area contributed by atoms with Gasteiger partial charge in [-0.05, 0) is 48.4 Å². The fourth-order valence-electron chi connectivity index (χ4n) is 4.95. The van der Waals surface area contributed by atoms with Crippen LogP contribution in [0.1, 0.15) is 66.5 Å².